The summed E-state index contributed by atoms with van der Waals surface area (Å²) in [4.78, 5) is 40.6. The molecule has 2 N–H and O–H groups in total. The number of benzene rings is 1. The average Bonchev–Trinajstić information content (AvgIpc) is 3.34. The van der Waals surface area contributed by atoms with Gasteiger partial charge in [-0.05, 0) is 29.7 Å². The Morgan fingerprint density at radius 1 is 1.23 bits per heavy atom. The highest BCUT2D eigenvalue weighted by atomic mass is 32.1. The van der Waals surface area contributed by atoms with E-state index < -0.39 is 12.0 Å². The average molecular weight is 415 g/mol. The molecule has 4 aromatic rings. The lowest BCUT2D eigenvalue weighted by Gasteiger charge is -2.03. The molecule has 7 nitrogen and oxygen atoms in total. The first-order valence-electron chi connectivity index (χ1n) is 9.30. The summed E-state index contributed by atoms with van der Waals surface area (Å²) in [6.07, 6.45) is 3.04. The van der Waals surface area contributed by atoms with Crippen molar-refractivity contribution in [2.45, 2.75) is 12.5 Å². The Kier molecular flexibility index (Phi) is 4.47. The number of nitrogens with one attached hydrogen (secondary N) is 1. The second-order valence-corrected chi connectivity index (χ2v) is 7.86. The number of hydrogen-bond donors (Lipinski definition) is 2. The van der Waals surface area contributed by atoms with Gasteiger partial charge in [0.1, 0.15) is 17.3 Å². The lowest BCUT2D eigenvalue weighted by molar-refractivity contribution is 0.104. The molecule has 5 rings (SSSR count). The summed E-state index contributed by atoms with van der Waals surface area (Å²) >= 11 is 1.12. The van der Waals surface area contributed by atoms with Crippen LogP contribution in [0, 0.1) is 12.0 Å². The number of nitrogens with zero attached hydrogens (tertiary/aromatic N) is 3. The molecule has 0 saturated heterocycles. The number of thiophene rings is 1. The van der Waals surface area contributed by atoms with Crippen LogP contribution in [0.1, 0.15) is 26.9 Å². The number of fused-ring (bicyclic) bond motifs is 2. The number of pyridine rings is 1. The van der Waals surface area contributed by atoms with Crippen LogP contribution < -0.4 is 5.56 Å². The van der Waals surface area contributed by atoms with Gasteiger partial charge >= 0.3 is 5.91 Å². The second kappa shape index (κ2) is 7.30. The largest absolute Gasteiger partial charge is 0.559 e. The summed E-state index contributed by atoms with van der Waals surface area (Å²) in [5.41, 5.74) is 2.55. The van der Waals surface area contributed by atoms with Crippen LogP contribution in [0.3, 0.4) is 0 Å². The van der Waals surface area contributed by atoms with Crippen molar-refractivity contribution in [2.24, 2.45) is 5.92 Å². The number of rotatable bonds is 2. The molecule has 1 aliphatic carbocycles. The Bertz CT molecular complexity index is 1400. The van der Waals surface area contributed by atoms with Crippen LogP contribution in [0.25, 0.3) is 27.1 Å². The molecule has 146 valence electrons. The minimum absolute atomic E-state index is 0.268. The second-order valence-electron chi connectivity index (χ2n) is 6.98. The maximum atomic E-state index is 12.8. The molecule has 3 heterocycles. The first-order chi connectivity index (χ1) is 14.6. The smallest absolute Gasteiger partial charge is 0.387 e. The van der Waals surface area contributed by atoms with E-state index in [4.69, 9.17) is 0 Å². The highest BCUT2D eigenvalue weighted by Gasteiger charge is 2.34. The topological polar surface area (TPSA) is 100 Å². The van der Waals surface area contributed by atoms with Crippen molar-refractivity contribution in [1.29, 1.82) is 0 Å². The van der Waals surface area contributed by atoms with Crippen molar-refractivity contribution >= 4 is 28.1 Å². The molecule has 0 bridgehead atoms. The van der Waals surface area contributed by atoms with Gasteiger partial charge < -0.3 is 10.1 Å². The van der Waals surface area contributed by atoms with Gasteiger partial charge in [0.25, 0.3) is 11.6 Å². The fourth-order valence-corrected chi connectivity index (χ4v) is 4.49. The van der Waals surface area contributed by atoms with Crippen molar-refractivity contribution in [1.82, 2.24) is 15.0 Å². The maximum absolute atomic E-state index is 12.8. The van der Waals surface area contributed by atoms with E-state index >= 15 is 0 Å². The van der Waals surface area contributed by atoms with Crippen LogP contribution in [0.4, 0.5) is 0 Å². The fraction of sp³-hybridized carbons (Fsp3) is 0.136. The van der Waals surface area contributed by atoms with E-state index in [1.54, 1.807) is 29.9 Å². The number of H-pyrrole nitrogens is 1. The highest BCUT2D eigenvalue weighted by Crippen LogP contribution is 2.35. The van der Waals surface area contributed by atoms with Crippen LogP contribution >= 0.6 is 11.3 Å². The summed E-state index contributed by atoms with van der Waals surface area (Å²) in [6, 6.07) is 13.9. The minimum Gasteiger partial charge on any atom is -0.387 e. The van der Waals surface area contributed by atoms with E-state index in [9.17, 15) is 14.7 Å². The maximum Gasteiger partial charge on any atom is 0.559 e. The van der Waals surface area contributed by atoms with Gasteiger partial charge in [-0.25, -0.2) is 4.98 Å². The molecule has 0 saturated carbocycles. The van der Waals surface area contributed by atoms with Crippen molar-refractivity contribution < 1.29 is 9.90 Å². The minimum atomic E-state index is -0.739. The Labute approximate surface area is 174 Å². The monoisotopic (exact) mass is 415 g/mol. The molecule has 0 fully saturated rings. The summed E-state index contributed by atoms with van der Waals surface area (Å²) in [6.45, 7) is 0. The summed E-state index contributed by atoms with van der Waals surface area (Å²) in [7, 11) is 0. The van der Waals surface area contributed by atoms with E-state index in [0.717, 1.165) is 22.5 Å². The molecular weight excluding hydrogens is 400 g/mol. The highest BCUT2D eigenvalue weighted by molar-refractivity contribution is 7.13. The standard InChI is InChI=1S/C22H14N4O3S/c27-18-14(9-13-3-1-2-4-15(13)18)10-24-22(29)19-17-16(11-30-19)21(28)26-20(25-17)12-5-7-23-8-6-12/h1-8,11,14,18,27H,9H2/p+1. The van der Waals surface area contributed by atoms with E-state index in [-0.39, 0.29) is 16.4 Å². The van der Waals surface area contributed by atoms with Crippen LogP contribution in [-0.2, 0) is 6.42 Å². The van der Waals surface area contributed by atoms with E-state index in [0.29, 0.717) is 28.7 Å². The molecule has 3 aromatic heterocycles. The number of carbonyl (C=O) groups is 1. The van der Waals surface area contributed by atoms with Gasteiger partial charge in [-0.1, -0.05) is 24.3 Å². The number of aliphatic hydroxyl groups excluding tert-OH is 1. The molecule has 30 heavy (non-hydrogen) atoms. The third-order valence-corrected chi connectivity index (χ3v) is 6.10. The van der Waals surface area contributed by atoms with Crippen LogP contribution in [0.15, 0.2) is 59.0 Å². The van der Waals surface area contributed by atoms with Gasteiger partial charge in [-0.15, -0.1) is 11.3 Å². The number of aromatic amines is 1. The van der Waals surface area contributed by atoms with Gasteiger partial charge in [-0.2, -0.15) is 4.79 Å². The summed E-state index contributed by atoms with van der Waals surface area (Å²) in [5, 5.41) is 12.4. The third kappa shape index (κ3) is 3.10. The number of hydrogen-bond acceptors (Lipinski definition) is 6. The van der Waals surface area contributed by atoms with E-state index in [1.807, 2.05) is 24.3 Å². The Balaban J connectivity index is 1.49. The van der Waals surface area contributed by atoms with E-state index in [2.05, 4.69) is 25.9 Å². The summed E-state index contributed by atoms with van der Waals surface area (Å²) in [5.74, 6) is -0.560. The number of aliphatic hydroxyl groups is 1. The van der Waals surface area contributed by atoms with Crippen LogP contribution in [0.5, 0.6) is 0 Å². The van der Waals surface area contributed by atoms with E-state index in [1.165, 1.54) is 0 Å². The predicted octanol–water partition coefficient (Wildman–Crippen LogP) is 3.43. The normalized spacial score (nSPS) is 17.4. The zero-order valence-corrected chi connectivity index (χ0v) is 16.4. The third-order valence-electron chi connectivity index (χ3n) is 5.14. The molecule has 8 heteroatoms. The van der Waals surface area contributed by atoms with Crippen molar-refractivity contribution in [2.75, 3.05) is 0 Å². The zero-order chi connectivity index (χ0) is 20.7. The van der Waals surface area contributed by atoms with Crippen molar-refractivity contribution in [3.63, 3.8) is 0 Å². The molecule has 0 spiro atoms. The molecular formula is C22H15N4O3S+. The molecule has 1 aliphatic rings. The fourth-order valence-electron chi connectivity index (χ4n) is 3.62. The lowest BCUT2D eigenvalue weighted by atomic mass is 10.1. The van der Waals surface area contributed by atoms with Gasteiger partial charge in [0.15, 0.2) is 4.88 Å². The molecule has 0 radical (unpaired) electrons. The zero-order valence-electron chi connectivity index (χ0n) is 15.6. The Morgan fingerprint density at radius 3 is 2.83 bits per heavy atom. The molecule has 2 atom stereocenters. The lowest BCUT2D eigenvalue weighted by Crippen LogP contribution is -2.09. The first kappa shape index (κ1) is 18.4. The van der Waals surface area contributed by atoms with Crippen molar-refractivity contribution in [3.05, 3.63) is 85.4 Å². The predicted molar refractivity (Wildman–Crippen MR) is 114 cm³/mol. The van der Waals surface area contributed by atoms with Gasteiger partial charge in [0.2, 0.25) is 0 Å². The van der Waals surface area contributed by atoms with Crippen LogP contribution in [-0.4, -0.2) is 26.0 Å². The number of carbonyl (C=O) groups excluding carboxylic acids is 1. The quantitative estimate of drug-likeness (QED) is 0.522. The molecule has 1 aromatic carbocycles. The van der Waals surface area contributed by atoms with Gasteiger partial charge in [0, 0.05) is 28.2 Å². The molecule has 1 amide bonds. The number of aromatic nitrogens is 3. The Morgan fingerprint density at radius 2 is 2.03 bits per heavy atom. The Hall–Kier alpha value is -3.67. The van der Waals surface area contributed by atoms with Crippen molar-refractivity contribution in [3.8, 4) is 17.5 Å². The number of amides is 1. The first-order valence-corrected chi connectivity index (χ1v) is 10.2. The molecule has 2 unspecified atom stereocenters. The molecule has 0 aliphatic heterocycles. The van der Waals surface area contributed by atoms with Gasteiger partial charge in [-0.3, -0.25) is 9.78 Å². The van der Waals surface area contributed by atoms with Gasteiger partial charge in [0.05, 0.1) is 11.5 Å². The SMILES string of the molecule is O=C([N+]#CC1Cc2ccccc2C1O)c1scc2c(=O)[nH]c(-c3ccncc3)nc12. The summed E-state index contributed by atoms with van der Waals surface area (Å²) < 4.78 is 0. The van der Waals surface area contributed by atoms with Crippen LogP contribution in [0.2, 0.25) is 0 Å².